The highest BCUT2D eigenvalue weighted by atomic mass is 79.9. The summed E-state index contributed by atoms with van der Waals surface area (Å²) < 4.78 is 6.74. The summed E-state index contributed by atoms with van der Waals surface area (Å²) in [6.07, 6.45) is 0. The topological polar surface area (TPSA) is 38.1 Å². The molecule has 0 amide bonds. The Labute approximate surface area is 97.0 Å². The first-order valence-electron chi connectivity index (χ1n) is 4.83. The van der Waals surface area contributed by atoms with Crippen molar-refractivity contribution >= 4 is 27.0 Å². The maximum Gasteiger partial charge on any atom is 0.209 e. The third kappa shape index (κ3) is 1.79. The SMILES string of the molecule is CNCc1nc2c(C)c(Br)c(C)cc2o1. The number of nitrogens with one attached hydrogen (secondary N) is 1. The smallest absolute Gasteiger partial charge is 0.209 e. The van der Waals surface area contributed by atoms with Gasteiger partial charge in [-0.1, -0.05) is 15.9 Å². The predicted octanol–water partition coefficient (Wildman–Crippen LogP) is 2.93. The van der Waals surface area contributed by atoms with Crippen LogP contribution >= 0.6 is 15.9 Å². The lowest BCUT2D eigenvalue weighted by atomic mass is 10.1. The Morgan fingerprint density at radius 2 is 2.20 bits per heavy atom. The predicted molar refractivity (Wildman–Crippen MR) is 63.9 cm³/mol. The van der Waals surface area contributed by atoms with E-state index in [1.54, 1.807) is 0 Å². The van der Waals surface area contributed by atoms with Gasteiger partial charge in [-0.25, -0.2) is 4.98 Å². The van der Waals surface area contributed by atoms with Crippen LogP contribution in [0.5, 0.6) is 0 Å². The molecule has 1 N–H and O–H groups in total. The lowest BCUT2D eigenvalue weighted by molar-refractivity contribution is 0.511. The van der Waals surface area contributed by atoms with Crippen molar-refractivity contribution in [2.75, 3.05) is 7.05 Å². The Morgan fingerprint density at radius 3 is 2.87 bits per heavy atom. The van der Waals surface area contributed by atoms with Crippen LogP contribution < -0.4 is 5.32 Å². The number of hydrogen-bond acceptors (Lipinski definition) is 3. The normalized spacial score (nSPS) is 11.2. The number of nitrogens with zero attached hydrogens (tertiary/aromatic N) is 1. The van der Waals surface area contributed by atoms with Crippen molar-refractivity contribution in [2.45, 2.75) is 20.4 Å². The second-order valence-electron chi connectivity index (χ2n) is 3.62. The molecule has 0 aliphatic heterocycles. The van der Waals surface area contributed by atoms with Crippen LogP contribution in [-0.2, 0) is 6.54 Å². The Kier molecular flexibility index (Phi) is 2.80. The van der Waals surface area contributed by atoms with E-state index < -0.39 is 0 Å². The number of oxazole rings is 1. The highest BCUT2D eigenvalue weighted by molar-refractivity contribution is 9.10. The molecule has 0 atom stereocenters. The van der Waals surface area contributed by atoms with Crippen molar-refractivity contribution in [3.8, 4) is 0 Å². The number of aromatic nitrogens is 1. The van der Waals surface area contributed by atoms with E-state index in [2.05, 4.69) is 33.2 Å². The number of aryl methyl sites for hydroxylation is 2. The molecule has 0 bridgehead atoms. The largest absolute Gasteiger partial charge is 0.439 e. The molecule has 0 radical (unpaired) electrons. The highest BCUT2D eigenvalue weighted by Crippen LogP contribution is 2.29. The van der Waals surface area contributed by atoms with E-state index in [-0.39, 0.29) is 0 Å². The van der Waals surface area contributed by atoms with Crippen LogP contribution in [0.15, 0.2) is 15.0 Å². The standard InChI is InChI=1S/C11H13BrN2O/c1-6-4-8-11(7(2)10(6)12)14-9(15-8)5-13-3/h4,13H,5H2,1-3H3. The second kappa shape index (κ2) is 3.94. The molecule has 0 fully saturated rings. The molecule has 80 valence electrons. The van der Waals surface area contributed by atoms with Crippen LogP contribution in [-0.4, -0.2) is 12.0 Å². The van der Waals surface area contributed by atoms with Gasteiger partial charge in [0.05, 0.1) is 6.54 Å². The average molecular weight is 269 g/mol. The van der Waals surface area contributed by atoms with E-state index in [0.29, 0.717) is 6.54 Å². The summed E-state index contributed by atoms with van der Waals surface area (Å²) >= 11 is 3.55. The summed E-state index contributed by atoms with van der Waals surface area (Å²) in [6.45, 7) is 4.76. The molecule has 4 heteroatoms. The molecule has 15 heavy (non-hydrogen) atoms. The first kappa shape index (κ1) is 10.6. The summed E-state index contributed by atoms with van der Waals surface area (Å²) in [5, 5.41) is 3.03. The molecular formula is C11H13BrN2O. The van der Waals surface area contributed by atoms with Crippen molar-refractivity contribution in [1.29, 1.82) is 0 Å². The van der Waals surface area contributed by atoms with Gasteiger partial charge in [0.15, 0.2) is 5.58 Å². The molecule has 0 unspecified atom stereocenters. The van der Waals surface area contributed by atoms with Gasteiger partial charge in [0.25, 0.3) is 0 Å². The van der Waals surface area contributed by atoms with E-state index in [9.17, 15) is 0 Å². The fourth-order valence-corrected chi connectivity index (χ4v) is 1.93. The van der Waals surface area contributed by atoms with Crippen LogP contribution in [0.25, 0.3) is 11.1 Å². The van der Waals surface area contributed by atoms with E-state index in [0.717, 1.165) is 27.0 Å². The number of benzene rings is 1. The van der Waals surface area contributed by atoms with Crippen LogP contribution in [0.3, 0.4) is 0 Å². The van der Waals surface area contributed by atoms with Gasteiger partial charge < -0.3 is 9.73 Å². The van der Waals surface area contributed by atoms with Crippen LogP contribution in [0.4, 0.5) is 0 Å². The third-order valence-electron chi connectivity index (χ3n) is 2.40. The average Bonchev–Trinajstić information content (AvgIpc) is 2.58. The Hall–Kier alpha value is -0.870. The zero-order chi connectivity index (χ0) is 11.0. The molecule has 2 aromatic rings. The first-order valence-corrected chi connectivity index (χ1v) is 5.62. The van der Waals surface area contributed by atoms with Gasteiger partial charge in [-0.05, 0) is 38.1 Å². The molecule has 2 rings (SSSR count). The Morgan fingerprint density at radius 1 is 1.47 bits per heavy atom. The molecule has 0 aliphatic carbocycles. The molecule has 1 aromatic carbocycles. The summed E-state index contributed by atoms with van der Waals surface area (Å²) in [4.78, 5) is 4.44. The first-order chi connectivity index (χ1) is 7.13. The maximum absolute atomic E-state index is 5.63. The highest BCUT2D eigenvalue weighted by Gasteiger charge is 2.11. The molecule has 1 heterocycles. The minimum atomic E-state index is 0.658. The lowest BCUT2D eigenvalue weighted by Crippen LogP contribution is -2.04. The quantitative estimate of drug-likeness (QED) is 0.910. The van der Waals surface area contributed by atoms with Gasteiger partial charge in [-0.15, -0.1) is 0 Å². The molecule has 3 nitrogen and oxygen atoms in total. The van der Waals surface area contributed by atoms with Crippen molar-refractivity contribution < 1.29 is 4.42 Å². The molecule has 0 spiro atoms. The van der Waals surface area contributed by atoms with E-state index >= 15 is 0 Å². The van der Waals surface area contributed by atoms with E-state index in [1.807, 2.05) is 20.0 Å². The zero-order valence-corrected chi connectivity index (χ0v) is 10.6. The Bertz CT molecular complexity index is 505. The lowest BCUT2D eigenvalue weighted by Gasteiger charge is -2.01. The molecule has 0 saturated heterocycles. The minimum Gasteiger partial charge on any atom is -0.439 e. The van der Waals surface area contributed by atoms with Crippen molar-refractivity contribution in [3.05, 3.63) is 27.6 Å². The number of fused-ring (bicyclic) bond motifs is 1. The van der Waals surface area contributed by atoms with Gasteiger partial charge in [-0.2, -0.15) is 0 Å². The monoisotopic (exact) mass is 268 g/mol. The van der Waals surface area contributed by atoms with Crippen LogP contribution in [0.2, 0.25) is 0 Å². The van der Waals surface area contributed by atoms with Crippen molar-refractivity contribution in [3.63, 3.8) is 0 Å². The minimum absolute atomic E-state index is 0.658. The van der Waals surface area contributed by atoms with Crippen molar-refractivity contribution in [1.82, 2.24) is 10.3 Å². The summed E-state index contributed by atoms with van der Waals surface area (Å²) in [6, 6.07) is 2.01. The van der Waals surface area contributed by atoms with Gasteiger partial charge in [0.1, 0.15) is 5.52 Å². The van der Waals surface area contributed by atoms with Gasteiger partial charge in [0.2, 0.25) is 5.89 Å². The second-order valence-corrected chi connectivity index (χ2v) is 4.41. The number of rotatable bonds is 2. The molecular weight excluding hydrogens is 256 g/mol. The van der Waals surface area contributed by atoms with Crippen molar-refractivity contribution in [2.24, 2.45) is 0 Å². The fraction of sp³-hybridized carbons (Fsp3) is 0.364. The molecule has 0 saturated carbocycles. The van der Waals surface area contributed by atoms with Gasteiger partial charge in [0, 0.05) is 4.47 Å². The van der Waals surface area contributed by atoms with E-state index in [1.165, 1.54) is 5.56 Å². The van der Waals surface area contributed by atoms with Gasteiger partial charge in [-0.3, -0.25) is 0 Å². The van der Waals surface area contributed by atoms with Crippen LogP contribution in [0.1, 0.15) is 17.0 Å². The number of halogens is 1. The fourth-order valence-electron chi connectivity index (χ4n) is 1.63. The number of hydrogen-bond donors (Lipinski definition) is 1. The zero-order valence-electron chi connectivity index (χ0n) is 9.02. The van der Waals surface area contributed by atoms with E-state index in [4.69, 9.17) is 4.42 Å². The molecule has 0 aliphatic rings. The maximum atomic E-state index is 5.63. The summed E-state index contributed by atoms with van der Waals surface area (Å²) in [7, 11) is 1.88. The summed E-state index contributed by atoms with van der Waals surface area (Å²) in [5.41, 5.74) is 4.11. The third-order valence-corrected chi connectivity index (χ3v) is 3.62. The molecule has 1 aromatic heterocycles. The summed E-state index contributed by atoms with van der Waals surface area (Å²) in [5.74, 6) is 0.730. The Balaban J connectivity index is 2.65. The van der Waals surface area contributed by atoms with Crippen LogP contribution in [0, 0.1) is 13.8 Å². The van der Waals surface area contributed by atoms with Gasteiger partial charge >= 0.3 is 0 Å².